The highest BCUT2D eigenvalue weighted by Gasteiger charge is 2.17. The molecular formula is C14H20N6O2. The van der Waals surface area contributed by atoms with E-state index in [9.17, 15) is 4.79 Å². The zero-order chi connectivity index (χ0) is 15.4. The first-order valence-electron chi connectivity index (χ1n) is 7.14. The number of rotatable bonds is 6. The van der Waals surface area contributed by atoms with Crippen LogP contribution in [0.3, 0.4) is 0 Å². The molecule has 1 fully saturated rings. The summed E-state index contributed by atoms with van der Waals surface area (Å²) in [6.45, 7) is 1.40. The number of fused-ring (bicyclic) bond motifs is 1. The first-order chi connectivity index (χ1) is 10.8. The molecule has 22 heavy (non-hydrogen) atoms. The summed E-state index contributed by atoms with van der Waals surface area (Å²) in [7, 11) is 1.68. The fourth-order valence-electron chi connectivity index (χ4n) is 2.55. The lowest BCUT2D eigenvalue weighted by molar-refractivity contribution is -0.121. The maximum atomic E-state index is 12.2. The standard InChI is InChI=1S/C14H20N6O2/c1-22-7-6-20-9-10(11-4-2-3-5-12(11)20)8-13(21)15-14-16-18-19-17-14/h2-5,9,14,16-19H,6-8H2,1H3,(H,15,21). The van der Waals surface area contributed by atoms with E-state index >= 15 is 0 Å². The highest BCUT2D eigenvalue weighted by atomic mass is 16.5. The molecule has 0 radical (unpaired) electrons. The summed E-state index contributed by atoms with van der Waals surface area (Å²) in [6, 6.07) is 8.08. The van der Waals surface area contributed by atoms with Gasteiger partial charge in [0.15, 0.2) is 6.29 Å². The number of carbonyl (C=O) groups excluding carboxylic acids is 1. The second kappa shape index (κ2) is 6.86. The number of ether oxygens (including phenoxy) is 1. The van der Waals surface area contributed by atoms with E-state index in [2.05, 4.69) is 37.9 Å². The molecule has 1 saturated heterocycles. The van der Waals surface area contributed by atoms with Gasteiger partial charge in [-0.3, -0.25) is 4.79 Å². The third-order valence-corrected chi connectivity index (χ3v) is 3.56. The molecule has 1 amide bonds. The van der Waals surface area contributed by atoms with Crippen LogP contribution in [0.1, 0.15) is 5.56 Å². The van der Waals surface area contributed by atoms with Gasteiger partial charge in [-0.25, -0.2) is 10.9 Å². The van der Waals surface area contributed by atoms with E-state index in [1.54, 1.807) is 7.11 Å². The van der Waals surface area contributed by atoms with Crippen LogP contribution in [-0.2, 0) is 22.5 Å². The summed E-state index contributed by atoms with van der Waals surface area (Å²) in [6.07, 6.45) is 2.00. The Hall–Kier alpha value is -1.97. The molecule has 0 saturated carbocycles. The number of carbonyl (C=O) groups is 1. The summed E-state index contributed by atoms with van der Waals surface area (Å²) < 4.78 is 7.26. The van der Waals surface area contributed by atoms with E-state index in [0.29, 0.717) is 13.0 Å². The number of benzene rings is 1. The molecule has 2 aromatic rings. The Bertz CT molecular complexity index is 650. The molecule has 1 aromatic carbocycles. The van der Waals surface area contributed by atoms with Crippen molar-refractivity contribution in [3.63, 3.8) is 0 Å². The number of hydrogen-bond acceptors (Lipinski definition) is 6. The molecule has 1 aromatic heterocycles. The monoisotopic (exact) mass is 304 g/mol. The van der Waals surface area contributed by atoms with Gasteiger partial charge in [-0.15, -0.1) is 0 Å². The van der Waals surface area contributed by atoms with Gasteiger partial charge in [-0.2, -0.15) is 11.1 Å². The lowest BCUT2D eigenvalue weighted by Crippen LogP contribution is -2.50. The number of nitrogens with zero attached hydrogens (tertiary/aromatic N) is 1. The molecule has 8 nitrogen and oxygen atoms in total. The number of aromatic nitrogens is 1. The minimum atomic E-state index is -0.339. The summed E-state index contributed by atoms with van der Waals surface area (Å²) in [5.41, 5.74) is 13.1. The van der Waals surface area contributed by atoms with Gasteiger partial charge >= 0.3 is 0 Å². The van der Waals surface area contributed by atoms with E-state index in [-0.39, 0.29) is 12.2 Å². The van der Waals surface area contributed by atoms with Crippen LogP contribution in [0.5, 0.6) is 0 Å². The van der Waals surface area contributed by atoms with E-state index in [0.717, 1.165) is 23.0 Å². The zero-order valence-electron chi connectivity index (χ0n) is 12.3. The van der Waals surface area contributed by atoms with E-state index < -0.39 is 0 Å². The van der Waals surface area contributed by atoms with Crippen molar-refractivity contribution in [1.82, 2.24) is 31.8 Å². The van der Waals surface area contributed by atoms with Gasteiger partial charge in [0.25, 0.3) is 0 Å². The number of methoxy groups -OCH3 is 1. The molecule has 0 aliphatic carbocycles. The number of hydrazine groups is 3. The molecular weight excluding hydrogens is 284 g/mol. The maximum absolute atomic E-state index is 12.2. The molecule has 3 rings (SSSR count). The van der Waals surface area contributed by atoms with Gasteiger partial charge in [0.05, 0.1) is 13.0 Å². The average Bonchev–Trinajstić information content (AvgIpc) is 3.14. The van der Waals surface area contributed by atoms with Gasteiger partial charge in [0.2, 0.25) is 5.91 Å². The Kier molecular flexibility index (Phi) is 4.66. The van der Waals surface area contributed by atoms with Gasteiger partial charge in [0, 0.05) is 30.8 Å². The Labute approximate surface area is 128 Å². The quantitative estimate of drug-likeness (QED) is 0.487. The predicted octanol–water partition coefficient (Wildman–Crippen LogP) is -0.653. The average molecular weight is 304 g/mol. The van der Waals surface area contributed by atoms with Crippen molar-refractivity contribution < 1.29 is 9.53 Å². The van der Waals surface area contributed by atoms with Crippen molar-refractivity contribution in [1.29, 1.82) is 0 Å². The number of hydrogen-bond donors (Lipinski definition) is 5. The first-order valence-corrected chi connectivity index (χ1v) is 7.14. The van der Waals surface area contributed by atoms with E-state index in [1.807, 2.05) is 24.4 Å². The summed E-state index contributed by atoms with van der Waals surface area (Å²) in [5, 5.41) is 3.92. The van der Waals surface area contributed by atoms with Crippen LogP contribution in [0.4, 0.5) is 0 Å². The molecule has 5 N–H and O–H groups in total. The molecule has 0 spiro atoms. The summed E-state index contributed by atoms with van der Waals surface area (Å²) in [4.78, 5) is 12.2. The molecule has 2 heterocycles. The highest BCUT2D eigenvalue weighted by molar-refractivity contribution is 5.89. The topological polar surface area (TPSA) is 91.4 Å². The molecule has 1 aliphatic rings. The van der Waals surface area contributed by atoms with Gasteiger partial charge in [-0.05, 0) is 11.6 Å². The van der Waals surface area contributed by atoms with Crippen LogP contribution < -0.4 is 27.2 Å². The van der Waals surface area contributed by atoms with E-state index in [4.69, 9.17) is 4.74 Å². The van der Waals surface area contributed by atoms with Crippen LogP contribution >= 0.6 is 0 Å². The second-order valence-electron chi connectivity index (χ2n) is 5.07. The third-order valence-electron chi connectivity index (χ3n) is 3.56. The number of nitrogens with one attached hydrogen (secondary N) is 5. The van der Waals surface area contributed by atoms with Crippen LogP contribution in [-0.4, -0.2) is 30.5 Å². The second-order valence-corrected chi connectivity index (χ2v) is 5.07. The first kappa shape index (κ1) is 14.9. The lowest BCUT2D eigenvalue weighted by Gasteiger charge is -2.10. The normalized spacial score (nSPS) is 15.5. The zero-order valence-corrected chi connectivity index (χ0v) is 12.3. The van der Waals surface area contributed by atoms with Crippen LogP contribution in [0.25, 0.3) is 10.9 Å². The minimum Gasteiger partial charge on any atom is -0.383 e. The van der Waals surface area contributed by atoms with Crippen LogP contribution in [0.15, 0.2) is 30.5 Å². The molecule has 8 heteroatoms. The Morgan fingerprint density at radius 1 is 1.32 bits per heavy atom. The molecule has 0 atom stereocenters. The van der Waals surface area contributed by atoms with Crippen molar-refractivity contribution in [2.45, 2.75) is 19.3 Å². The molecule has 118 valence electrons. The minimum absolute atomic E-state index is 0.0647. The Morgan fingerprint density at radius 3 is 2.86 bits per heavy atom. The summed E-state index contributed by atoms with van der Waals surface area (Å²) >= 11 is 0. The highest BCUT2D eigenvalue weighted by Crippen LogP contribution is 2.21. The lowest BCUT2D eigenvalue weighted by atomic mass is 10.1. The van der Waals surface area contributed by atoms with Gasteiger partial charge < -0.3 is 14.6 Å². The van der Waals surface area contributed by atoms with Crippen molar-refractivity contribution >= 4 is 16.8 Å². The molecule has 0 unspecified atom stereocenters. The predicted molar refractivity (Wildman–Crippen MR) is 82.0 cm³/mol. The number of para-hydroxylation sites is 1. The fourth-order valence-corrected chi connectivity index (χ4v) is 2.55. The third kappa shape index (κ3) is 3.26. The smallest absolute Gasteiger partial charge is 0.226 e. The van der Waals surface area contributed by atoms with Crippen molar-refractivity contribution in [3.05, 3.63) is 36.0 Å². The molecule has 1 aliphatic heterocycles. The summed E-state index contributed by atoms with van der Waals surface area (Å²) in [5.74, 6) is -0.0647. The van der Waals surface area contributed by atoms with Crippen molar-refractivity contribution in [2.24, 2.45) is 0 Å². The van der Waals surface area contributed by atoms with Crippen molar-refractivity contribution in [3.8, 4) is 0 Å². The number of amides is 1. The molecule has 0 bridgehead atoms. The Morgan fingerprint density at radius 2 is 2.09 bits per heavy atom. The van der Waals surface area contributed by atoms with Gasteiger partial charge in [0.1, 0.15) is 0 Å². The van der Waals surface area contributed by atoms with Crippen LogP contribution in [0.2, 0.25) is 0 Å². The van der Waals surface area contributed by atoms with Crippen molar-refractivity contribution in [2.75, 3.05) is 13.7 Å². The Balaban J connectivity index is 1.76. The van der Waals surface area contributed by atoms with Gasteiger partial charge in [-0.1, -0.05) is 18.2 Å². The van der Waals surface area contributed by atoms with E-state index in [1.165, 1.54) is 0 Å². The van der Waals surface area contributed by atoms with Crippen LogP contribution in [0, 0.1) is 0 Å². The fraction of sp³-hybridized carbons (Fsp3) is 0.357. The maximum Gasteiger partial charge on any atom is 0.226 e. The largest absolute Gasteiger partial charge is 0.383 e. The SMILES string of the molecule is COCCn1cc(CC(=O)NC2NNNN2)c2ccccc21.